The van der Waals surface area contributed by atoms with Crippen molar-refractivity contribution in [3.8, 4) is 0 Å². The SMILES string of the molecule is CC(=O)[C@H]1CC[C@H]2[C@@H]3CC[C@@H]4C[C@@](O)(CCc5ccc(Cl)cc5)CC[C@]4(C)[C@H]3CC[C@]12C. The van der Waals surface area contributed by atoms with Gasteiger partial charge < -0.3 is 5.11 Å². The van der Waals surface area contributed by atoms with E-state index < -0.39 is 5.60 Å². The zero-order chi connectivity index (χ0) is 22.7. The van der Waals surface area contributed by atoms with Gasteiger partial charge in [-0.2, -0.15) is 0 Å². The number of hydrogen-bond acceptors (Lipinski definition) is 2. The van der Waals surface area contributed by atoms with Crippen molar-refractivity contribution in [3.63, 3.8) is 0 Å². The maximum absolute atomic E-state index is 12.4. The molecule has 0 radical (unpaired) electrons. The fourth-order valence-electron chi connectivity index (χ4n) is 9.25. The van der Waals surface area contributed by atoms with E-state index in [2.05, 4.69) is 26.0 Å². The van der Waals surface area contributed by atoms with Crippen molar-refractivity contribution in [1.82, 2.24) is 0 Å². The molecule has 0 aliphatic heterocycles. The van der Waals surface area contributed by atoms with Crippen LogP contribution >= 0.6 is 11.6 Å². The Morgan fingerprint density at radius 3 is 2.41 bits per heavy atom. The van der Waals surface area contributed by atoms with E-state index in [4.69, 9.17) is 11.6 Å². The minimum atomic E-state index is -0.521. The first kappa shape index (κ1) is 22.9. The molecule has 4 aliphatic carbocycles. The van der Waals surface area contributed by atoms with Crippen LogP contribution in [0.15, 0.2) is 24.3 Å². The molecule has 1 aromatic carbocycles. The fourth-order valence-corrected chi connectivity index (χ4v) is 9.37. The normalized spacial score (nSPS) is 45.6. The number of fused-ring (bicyclic) bond motifs is 5. The fraction of sp³-hybridized carbons (Fsp3) is 0.759. The summed E-state index contributed by atoms with van der Waals surface area (Å²) in [7, 11) is 0. The van der Waals surface area contributed by atoms with Gasteiger partial charge in [0.1, 0.15) is 5.78 Å². The van der Waals surface area contributed by atoms with E-state index in [-0.39, 0.29) is 5.41 Å². The number of ketones is 1. The van der Waals surface area contributed by atoms with Crippen LogP contribution in [0.3, 0.4) is 0 Å². The molecule has 1 N–H and O–H groups in total. The van der Waals surface area contributed by atoms with E-state index >= 15 is 0 Å². The van der Waals surface area contributed by atoms with Crippen LogP contribution in [0.25, 0.3) is 0 Å². The lowest BCUT2D eigenvalue weighted by molar-refractivity contribution is -0.154. The number of halogens is 1. The highest BCUT2D eigenvalue weighted by Crippen LogP contribution is 2.68. The van der Waals surface area contributed by atoms with Gasteiger partial charge in [0.2, 0.25) is 0 Å². The van der Waals surface area contributed by atoms with Crippen LogP contribution in [-0.4, -0.2) is 16.5 Å². The number of rotatable bonds is 4. The second kappa shape index (κ2) is 8.12. The van der Waals surface area contributed by atoms with Gasteiger partial charge in [0.15, 0.2) is 0 Å². The number of benzene rings is 1. The first-order valence-corrected chi connectivity index (χ1v) is 13.5. The van der Waals surface area contributed by atoms with Crippen molar-refractivity contribution in [3.05, 3.63) is 34.9 Å². The van der Waals surface area contributed by atoms with Crippen LogP contribution in [0, 0.1) is 40.4 Å². The molecule has 0 bridgehead atoms. The molecule has 0 unspecified atom stereocenters. The van der Waals surface area contributed by atoms with Crippen LogP contribution < -0.4 is 0 Å². The molecule has 4 saturated carbocycles. The van der Waals surface area contributed by atoms with E-state index in [1.807, 2.05) is 19.1 Å². The molecular weight excluding hydrogens is 416 g/mol. The van der Waals surface area contributed by atoms with Crippen molar-refractivity contribution in [2.75, 3.05) is 0 Å². The second-order valence-electron chi connectivity index (χ2n) is 12.5. The Morgan fingerprint density at radius 2 is 1.69 bits per heavy atom. The molecule has 0 spiro atoms. The Kier molecular flexibility index (Phi) is 5.81. The summed E-state index contributed by atoms with van der Waals surface area (Å²) in [6, 6.07) is 8.10. The third-order valence-corrected chi connectivity index (χ3v) is 11.4. The minimum Gasteiger partial charge on any atom is -0.390 e. The predicted molar refractivity (Wildman–Crippen MR) is 131 cm³/mol. The van der Waals surface area contributed by atoms with Crippen molar-refractivity contribution in [1.29, 1.82) is 0 Å². The van der Waals surface area contributed by atoms with E-state index in [0.717, 1.165) is 61.3 Å². The summed E-state index contributed by atoms with van der Waals surface area (Å²) in [5.74, 6) is 3.67. The molecule has 176 valence electrons. The standard InChI is InChI=1S/C29H41ClO2/c1-19(31)24-10-11-25-23-9-6-21-18-29(32,15-12-20-4-7-22(30)8-5-20)17-16-27(21,2)26(23)13-14-28(24,25)3/h4-5,7-8,21,23-26,32H,6,9-18H2,1-3H3/t21-,23+,24-,25+,26+,27+,28-,29-/m1/s1. The number of aliphatic hydroxyl groups is 1. The van der Waals surface area contributed by atoms with Gasteiger partial charge in [0.25, 0.3) is 0 Å². The summed E-state index contributed by atoms with van der Waals surface area (Å²) >= 11 is 6.03. The second-order valence-corrected chi connectivity index (χ2v) is 12.9. The lowest BCUT2D eigenvalue weighted by atomic mass is 9.43. The quantitative estimate of drug-likeness (QED) is 0.517. The molecular formula is C29H41ClO2. The van der Waals surface area contributed by atoms with Gasteiger partial charge in [0.05, 0.1) is 5.60 Å². The van der Waals surface area contributed by atoms with E-state index in [1.165, 1.54) is 37.7 Å². The molecule has 4 fully saturated rings. The lowest BCUT2D eigenvalue weighted by Crippen LogP contribution is -2.56. The number of carbonyl (C=O) groups is 1. The summed E-state index contributed by atoms with van der Waals surface area (Å²) in [5.41, 5.74) is 1.36. The van der Waals surface area contributed by atoms with Crippen LogP contribution in [0.2, 0.25) is 5.02 Å². The first-order chi connectivity index (χ1) is 15.1. The number of Topliss-reactive ketones (excluding diaryl/α,β-unsaturated/α-hetero) is 1. The van der Waals surface area contributed by atoms with Gasteiger partial charge >= 0.3 is 0 Å². The zero-order valence-electron chi connectivity index (χ0n) is 20.2. The molecule has 1 aromatic rings. The van der Waals surface area contributed by atoms with Gasteiger partial charge in [-0.15, -0.1) is 0 Å². The molecule has 8 atom stereocenters. The molecule has 5 rings (SSSR count). The molecule has 32 heavy (non-hydrogen) atoms. The molecule has 3 heteroatoms. The highest BCUT2D eigenvalue weighted by molar-refractivity contribution is 6.30. The first-order valence-electron chi connectivity index (χ1n) is 13.1. The summed E-state index contributed by atoms with van der Waals surface area (Å²) in [4.78, 5) is 12.4. The van der Waals surface area contributed by atoms with Gasteiger partial charge in [-0.3, -0.25) is 4.79 Å². The van der Waals surface area contributed by atoms with Crippen molar-refractivity contribution in [2.24, 2.45) is 40.4 Å². The summed E-state index contributed by atoms with van der Waals surface area (Å²) in [6.45, 7) is 6.83. The maximum Gasteiger partial charge on any atom is 0.133 e. The average molecular weight is 457 g/mol. The Bertz CT molecular complexity index is 864. The van der Waals surface area contributed by atoms with Gasteiger partial charge in [-0.05, 0) is 130 Å². The third-order valence-electron chi connectivity index (χ3n) is 11.1. The van der Waals surface area contributed by atoms with Crippen LogP contribution in [-0.2, 0) is 11.2 Å². The number of carbonyl (C=O) groups excluding carboxylic acids is 1. The van der Waals surface area contributed by atoms with Crippen molar-refractivity contribution in [2.45, 2.75) is 97.0 Å². The molecule has 0 saturated heterocycles. The summed E-state index contributed by atoms with van der Waals surface area (Å²) in [5, 5.41) is 12.3. The predicted octanol–water partition coefficient (Wildman–Crippen LogP) is 7.25. The van der Waals surface area contributed by atoms with Crippen LogP contribution in [0.1, 0.15) is 90.5 Å². The van der Waals surface area contributed by atoms with Crippen molar-refractivity contribution < 1.29 is 9.90 Å². The lowest BCUT2D eigenvalue weighted by Gasteiger charge is -2.62. The van der Waals surface area contributed by atoms with Crippen LogP contribution in [0.4, 0.5) is 0 Å². The van der Waals surface area contributed by atoms with Crippen LogP contribution in [0.5, 0.6) is 0 Å². The Hall–Kier alpha value is -0.860. The summed E-state index contributed by atoms with van der Waals surface area (Å²) < 4.78 is 0. The van der Waals surface area contributed by atoms with Gasteiger partial charge in [-0.25, -0.2) is 0 Å². The average Bonchev–Trinajstić information content (AvgIpc) is 3.12. The molecule has 2 nitrogen and oxygen atoms in total. The smallest absolute Gasteiger partial charge is 0.133 e. The van der Waals surface area contributed by atoms with Gasteiger partial charge in [-0.1, -0.05) is 37.6 Å². The third kappa shape index (κ3) is 3.68. The van der Waals surface area contributed by atoms with E-state index in [0.29, 0.717) is 23.0 Å². The Labute approximate surface area is 199 Å². The molecule has 4 aliphatic rings. The Balaban J connectivity index is 1.28. The molecule has 0 amide bonds. The summed E-state index contributed by atoms with van der Waals surface area (Å²) in [6.07, 6.45) is 12.3. The highest BCUT2D eigenvalue weighted by atomic mass is 35.5. The maximum atomic E-state index is 12.4. The van der Waals surface area contributed by atoms with E-state index in [9.17, 15) is 9.90 Å². The van der Waals surface area contributed by atoms with E-state index in [1.54, 1.807) is 0 Å². The monoisotopic (exact) mass is 456 g/mol. The van der Waals surface area contributed by atoms with Gasteiger partial charge in [0, 0.05) is 10.9 Å². The topological polar surface area (TPSA) is 37.3 Å². The molecule has 0 aromatic heterocycles. The number of hydrogen-bond donors (Lipinski definition) is 1. The largest absolute Gasteiger partial charge is 0.390 e. The highest BCUT2D eigenvalue weighted by Gasteiger charge is 2.61. The number of aryl methyl sites for hydroxylation is 1. The zero-order valence-corrected chi connectivity index (χ0v) is 21.0. The molecule has 0 heterocycles. The Morgan fingerprint density at radius 1 is 0.969 bits per heavy atom. The minimum absolute atomic E-state index is 0.240. The van der Waals surface area contributed by atoms with Crippen molar-refractivity contribution >= 4 is 17.4 Å².